The van der Waals surface area contributed by atoms with Gasteiger partial charge in [0.2, 0.25) is 0 Å². The van der Waals surface area contributed by atoms with E-state index in [9.17, 15) is 4.39 Å². The number of allylic oxidation sites excluding steroid dienone is 1. The summed E-state index contributed by atoms with van der Waals surface area (Å²) < 4.78 is 35.5. The first-order valence-electron chi connectivity index (χ1n) is 13.8. The number of hydrogen-bond acceptors (Lipinski definition) is 1. The zero-order chi connectivity index (χ0) is 23.9. The van der Waals surface area contributed by atoms with E-state index >= 15 is 4.39 Å². The number of ether oxygens (including phenoxy) is 1. The summed E-state index contributed by atoms with van der Waals surface area (Å²) in [4.78, 5) is 0. The standard InChI is InChI=1S/C31H42F2O/c1-3-5-7-8-9-10-22-11-12-24-19-25(14-13-23(24)18-22)27-20-26-15-16-29(34-17-6-4-2)31(33)30(26)28(32)21-27/h4,6,15-16,20-25H,3,5,7-14,17-19H2,1-2H3/b6-4+/t22?,23-,24?,25-/m1/s1. The summed E-state index contributed by atoms with van der Waals surface area (Å²) >= 11 is 0. The van der Waals surface area contributed by atoms with E-state index < -0.39 is 11.6 Å². The molecule has 0 heterocycles. The van der Waals surface area contributed by atoms with Crippen LogP contribution in [0.1, 0.15) is 102 Å². The van der Waals surface area contributed by atoms with Gasteiger partial charge in [-0.15, -0.1) is 0 Å². The molecule has 34 heavy (non-hydrogen) atoms. The van der Waals surface area contributed by atoms with Crippen molar-refractivity contribution in [2.75, 3.05) is 6.61 Å². The van der Waals surface area contributed by atoms with Crippen molar-refractivity contribution < 1.29 is 13.5 Å². The highest BCUT2D eigenvalue weighted by Crippen LogP contribution is 2.49. The predicted molar refractivity (Wildman–Crippen MR) is 138 cm³/mol. The van der Waals surface area contributed by atoms with Gasteiger partial charge in [0.15, 0.2) is 11.6 Å². The minimum Gasteiger partial charge on any atom is -0.486 e. The van der Waals surface area contributed by atoms with E-state index in [2.05, 4.69) is 6.92 Å². The van der Waals surface area contributed by atoms with Gasteiger partial charge in [-0.1, -0.05) is 76.2 Å². The quantitative estimate of drug-likeness (QED) is 0.249. The molecule has 4 rings (SSSR count). The molecule has 2 unspecified atom stereocenters. The predicted octanol–water partition coefficient (Wildman–Crippen LogP) is 9.73. The van der Waals surface area contributed by atoms with Crippen molar-refractivity contribution in [2.24, 2.45) is 17.8 Å². The minimum absolute atomic E-state index is 0.0508. The lowest BCUT2D eigenvalue weighted by molar-refractivity contribution is 0.113. The van der Waals surface area contributed by atoms with E-state index in [1.807, 2.05) is 19.1 Å². The van der Waals surface area contributed by atoms with Gasteiger partial charge >= 0.3 is 0 Å². The van der Waals surface area contributed by atoms with Crippen molar-refractivity contribution in [3.8, 4) is 5.75 Å². The Kier molecular flexibility index (Phi) is 9.03. The van der Waals surface area contributed by atoms with Crippen molar-refractivity contribution in [2.45, 2.75) is 96.8 Å². The third kappa shape index (κ3) is 6.01. The maximum atomic E-state index is 15.1. The molecule has 0 amide bonds. The molecule has 0 saturated heterocycles. The van der Waals surface area contributed by atoms with Crippen LogP contribution in [0.2, 0.25) is 0 Å². The number of fused-ring (bicyclic) bond motifs is 2. The SMILES string of the molecule is C/C=C/COc1ccc2cc([C@@H]3CC[C@@H]4CC(CCCCCCC)CCC4C3)cc(F)c2c1F. The Morgan fingerprint density at radius 3 is 2.56 bits per heavy atom. The van der Waals surface area contributed by atoms with Crippen LogP contribution in [0.4, 0.5) is 8.78 Å². The van der Waals surface area contributed by atoms with Crippen LogP contribution >= 0.6 is 0 Å². The second-order valence-electron chi connectivity index (χ2n) is 10.8. The van der Waals surface area contributed by atoms with Gasteiger partial charge in [-0.3, -0.25) is 0 Å². The molecule has 2 aliphatic carbocycles. The lowest BCUT2D eigenvalue weighted by Gasteiger charge is -2.42. The van der Waals surface area contributed by atoms with Gasteiger partial charge in [0.1, 0.15) is 12.4 Å². The van der Waals surface area contributed by atoms with E-state index in [4.69, 9.17) is 4.74 Å². The Balaban J connectivity index is 1.38. The summed E-state index contributed by atoms with van der Waals surface area (Å²) in [6, 6.07) is 7.04. The monoisotopic (exact) mass is 468 g/mol. The van der Waals surface area contributed by atoms with Crippen LogP contribution in [-0.2, 0) is 0 Å². The van der Waals surface area contributed by atoms with Crippen LogP contribution in [-0.4, -0.2) is 6.61 Å². The summed E-state index contributed by atoms with van der Waals surface area (Å²) in [5.41, 5.74) is 1.04. The summed E-state index contributed by atoms with van der Waals surface area (Å²) in [5.74, 6) is 1.99. The van der Waals surface area contributed by atoms with Crippen molar-refractivity contribution in [3.63, 3.8) is 0 Å². The molecule has 3 heteroatoms. The molecular weight excluding hydrogens is 426 g/mol. The molecule has 0 aromatic heterocycles. The van der Waals surface area contributed by atoms with Gasteiger partial charge in [0.25, 0.3) is 0 Å². The molecule has 0 bridgehead atoms. The second kappa shape index (κ2) is 12.2. The number of benzene rings is 2. The largest absolute Gasteiger partial charge is 0.486 e. The highest BCUT2D eigenvalue weighted by atomic mass is 19.1. The van der Waals surface area contributed by atoms with Gasteiger partial charge < -0.3 is 4.74 Å². The average Bonchev–Trinajstić information content (AvgIpc) is 2.84. The van der Waals surface area contributed by atoms with Crippen molar-refractivity contribution in [1.82, 2.24) is 0 Å². The first kappa shape index (κ1) is 25.2. The molecule has 1 nitrogen and oxygen atoms in total. The van der Waals surface area contributed by atoms with Gasteiger partial charge in [0.05, 0.1) is 5.39 Å². The van der Waals surface area contributed by atoms with E-state index in [-0.39, 0.29) is 17.7 Å². The number of rotatable bonds is 10. The fourth-order valence-corrected chi connectivity index (χ4v) is 6.54. The molecule has 2 saturated carbocycles. The van der Waals surface area contributed by atoms with Crippen LogP contribution < -0.4 is 4.74 Å². The highest BCUT2D eigenvalue weighted by Gasteiger charge is 2.36. The number of unbranched alkanes of at least 4 members (excludes halogenated alkanes) is 4. The molecule has 0 spiro atoms. The van der Waals surface area contributed by atoms with Crippen LogP contribution in [0.25, 0.3) is 10.8 Å². The van der Waals surface area contributed by atoms with Gasteiger partial charge in [-0.25, -0.2) is 8.78 Å². The van der Waals surface area contributed by atoms with Crippen molar-refractivity contribution in [3.05, 3.63) is 53.6 Å². The summed E-state index contributed by atoms with van der Waals surface area (Å²) in [7, 11) is 0. The Hall–Kier alpha value is -1.90. The van der Waals surface area contributed by atoms with Gasteiger partial charge in [0, 0.05) is 0 Å². The molecule has 4 atom stereocenters. The fraction of sp³-hybridized carbons (Fsp3) is 0.613. The highest BCUT2D eigenvalue weighted by molar-refractivity contribution is 5.86. The summed E-state index contributed by atoms with van der Waals surface area (Å²) in [6.07, 6.45) is 19.6. The molecule has 2 fully saturated rings. The minimum atomic E-state index is -0.595. The molecule has 0 radical (unpaired) electrons. The van der Waals surface area contributed by atoms with Crippen molar-refractivity contribution in [1.29, 1.82) is 0 Å². The summed E-state index contributed by atoms with van der Waals surface area (Å²) in [5, 5.41) is 0.689. The Morgan fingerprint density at radius 1 is 0.941 bits per heavy atom. The normalized spacial score (nSPS) is 25.1. The number of halogens is 2. The molecule has 2 aromatic rings. The van der Waals surface area contributed by atoms with Crippen LogP contribution in [0.15, 0.2) is 36.4 Å². The van der Waals surface area contributed by atoms with E-state index in [1.54, 1.807) is 24.3 Å². The first-order chi connectivity index (χ1) is 16.6. The molecule has 2 aliphatic rings. The molecule has 0 aliphatic heterocycles. The molecule has 2 aromatic carbocycles. The fourth-order valence-electron chi connectivity index (χ4n) is 6.54. The van der Waals surface area contributed by atoms with E-state index in [0.717, 1.165) is 36.2 Å². The smallest absolute Gasteiger partial charge is 0.175 e. The van der Waals surface area contributed by atoms with Crippen LogP contribution in [0, 0.1) is 29.4 Å². The third-order valence-electron chi connectivity index (χ3n) is 8.47. The van der Waals surface area contributed by atoms with Crippen LogP contribution in [0.5, 0.6) is 5.75 Å². The van der Waals surface area contributed by atoms with Crippen LogP contribution in [0.3, 0.4) is 0 Å². The topological polar surface area (TPSA) is 9.23 Å². The maximum Gasteiger partial charge on any atom is 0.175 e. The Labute approximate surface area is 205 Å². The van der Waals surface area contributed by atoms with E-state index in [1.165, 1.54) is 64.2 Å². The van der Waals surface area contributed by atoms with E-state index in [0.29, 0.717) is 11.3 Å². The van der Waals surface area contributed by atoms with Gasteiger partial charge in [-0.2, -0.15) is 0 Å². The molecular formula is C31H42F2O. The lowest BCUT2D eigenvalue weighted by Crippen LogP contribution is -2.30. The second-order valence-corrected chi connectivity index (χ2v) is 10.8. The van der Waals surface area contributed by atoms with Crippen molar-refractivity contribution >= 4 is 10.8 Å². The molecule has 186 valence electrons. The Bertz CT molecular complexity index is 966. The first-order valence-corrected chi connectivity index (χ1v) is 13.8. The van der Waals surface area contributed by atoms with Gasteiger partial charge in [-0.05, 0) is 85.8 Å². The number of hydrogen-bond donors (Lipinski definition) is 0. The average molecular weight is 469 g/mol. The Morgan fingerprint density at radius 2 is 1.74 bits per heavy atom. The third-order valence-corrected chi connectivity index (χ3v) is 8.47. The zero-order valence-corrected chi connectivity index (χ0v) is 21.1. The maximum absolute atomic E-state index is 15.1. The zero-order valence-electron chi connectivity index (χ0n) is 21.1. The molecule has 0 N–H and O–H groups in total. The lowest BCUT2D eigenvalue weighted by atomic mass is 9.63. The summed E-state index contributed by atoms with van der Waals surface area (Å²) in [6.45, 7) is 4.44.